The summed E-state index contributed by atoms with van der Waals surface area (Å²) < 4.78 is 11.1. The SMILES string of the molecule is Cc1ccc(N)c(N=NCc2cc(OCC(C)(C)O)nc(N3CCOCC3)n2)c1. The molecule has 9 nitrogen and oxygen atoms in total. The summed E-state index contributed by atoms with van der Waals surface area (Å²) in [6, 6.07) is 7.34. The topological polar surface area (TPSA) is 118 Å². The molecular weight excluding hydrogens is 372 g/mol. The van der Waals surface area contributed by atoms with Crippen LogP contribution < -0.4 is 15.4 Å². The first-order chi connectivity index (χ1) is 13.8. The van der Waals surface area contributed by atoms with Crippen molar-refractivity contribution in [3.63, 3.8) is 0 Å². The molecule has 0 atom stereocenters. The first-order valence-corrected chi connectivity index (χ1v) is 9.60. The van der Waals surface area contributed by atoms with E-state index in [0.717, 1.165) is 5.56 Å². The maximum atomic E-state index is 9.94. The van der Waals surface area contributed by atoms with E-state index in [2.05, 4.69) is 20.2 Å². The van der Waals surface area contributed by atoms with Crippen molar-refractivity contribution in [1.82, 2.24) is 9.97 Å². The molecule has 1 saturated heterocycles. The van der Waals surface area contributed by atoms with E-state index in [4.69, 9.17) is 15.2 Å². The third-order valence-corrected chi connectivity index (χ3v) is 4.21. The van der Waals surface area contributed by atoms with Crippen molar-refractivity contribution >= 4 is 17.3 Å². The van der Waals surface area contributed by atoms with Crippen LogP contribution in [0.25, 0.3) is 0 Å². The van der Waals surface area contributed by atoms with Gasteiger partial charge in [-0.1, -0.05) is 6.07 Å². The van der Waals surface area contributed by atoms with Gasteiger partial charge in [-0.25, -0.2) is 4.98 Å². The Morgan fingerprint density at radius 2 is 2.00 bits per heavy atom. The van der Waals surface area contributed by atoms with Gasteiger partial charge in [-0.15, -0.1) is 0 Å². The molecule has 1 aliphatic heterocycles. The van der Waals surface area contributed by atoms with Crippen molar-refractivity contribution in [3.05, 3.63) is 35.5 Å². The third-order valence-electron chi connectivity index (χ3n) is 4.21. The molecule has 2 aromatic rings. The van der Waals surface area contributed by atoms with Crippen molar-refractivity contribution in [2.24, 2.45) is 10.2 Å². The predicted octanol–water partition coefficient (Wildman–Crippen LogP) is 2.64. The second kappa shape index (κ2) is 9.15. The Kier molecular flexibility index (Phi) is 6.60. The molecule has 0 saturated carbocycles. The van der Waals surface area contributed by atoms with Gasteiger partial charge in [0.25, 0.3) is 0 Å². The second-order valence-corrected chi connectivity index (χ2v) is 7.66. The van der Waals surface area contributed by atoms with Gasteiger partial charge in [0, 0.05) is 19.2 Å². The van der Waals surface area contributed by atoms with Crippen LogP contribution in [-0.4, -0.2) is 53.6 Å². The smallest absolute Gasteiger partial charge is 0.229 e. The average Bonchev–Trinajstić information content (AvgIpc) is 2.69. The first-order valence-electron chi connectivity index (χ1n) is 9.60. The van der Waals surface area contributed by atoms with Crippen molar-refractivity contribution in [1.29, 1.82) is 0 Å². The molecule has 29 heavy (non-hydrogen) atoms. The number of hydrogen-bond donors (Lipinski definition) is 2. The lowest BCUT2D eigenvalue weighted by Gasteiger charge is -2.27. The standard InChI is InChI=1S/C20H28N6O3/c1-14-4-5-16(21)17(10-14)25-22-12-15-11-18(29-13-20(2,3)27)24-19(23-15)26-6-8-28-9-7-26/h4-5,10-11,27H,6-9,12-13,21H2,1-3H3. The van der Waals surface area contributed by atoms with Crippen LogP contribution in [0.1, 0.15) is 25.1 Å². The molecule has 0 unspecified atom stereocenters. The van der Waals surface area contributed by atoms with Crippen molar-refractivity contribution in [3.8, 4) is 5.88 Å². The summed E-state index contributed by atoms with van der Waals surface area (Å²) in [5.74, 6) is 0.950. The number of nitrogen functional groups attached to an aromatic ring is 1. The fourth-order valence-corrected chi connectivity index (χ4v) is 2.69. The predicted molar refractivity (Wildman–Crippen MR) is 111 cm³/mol. The van der Waals surface area contributed by atoms with E-state index in [1.165, 1.54) is 0 Å². The van der Waals surface area contributed by atoms with Crippen LogP contribution in [0, 0.1) is 6.92 Å². The number of aryl methyl sites for hydroxylation is 1. The van der Waals surface area contributed by atoms with Gasteiger partial charge >= 0.3 is 0 Å². The highest BCUT2D eigenvalue weighted by atomic mass is 16.5. The van der Waals surface area contributed by atoms with Gasteiger partial charge in [0.05, 0.1) is 30.2 Å². The Balaban J connectivity index is 1.79. The Bertz CT molecular complexity index is 860. The highest BCUT2D eigenvalue weighted by Gasteiger charge is 2.18. The molecular formula is C20H28N6O3. The summed E-state index contributed by atoms with van der Waals surface area (Å²) in [7, 11) is 0. The highest BCUT2D eigenvalue weighted by molar-refractivity contribution is 5.62. The third kappa shape index (κ3) is 6.37. The highest BCUT2D eigenvalue weighted by Crippen LogP contribution is 2.24. The van der Waals surface area contributed by atoms with Crippen LogP contribution in [0.4, 0.5) is 17.3 Å². The lowest BCUT2D eigenvalue weighted by Crippen LogP contribution is -2.37. The minimum atomic E-state index is -0.966. The van der Waals surface area contributed by atoms with E-state index in [1.807, 2.05) is 30.0 Å². The molecule has 1 aromatic heterocycles. The molecule has 0 amide bonds. The number of aromatic nitrogens is 2. The van der Waals surface area contributed by atoms with Crippen LogP contribution in [0.5, 0.6) is 5.88 Å². The van der Waals surface area contributed by atoms with E-state index in [-0.39, 0.29) is 13.2 Å². The number of aliphatic hydroxyl groups is 1. The molecule has 0 aliphatic carbocycles. The zero-order valence-electron chi connectivity index (χ0n) is 17.1. The van der Waals surface area contributed by atoms with E-state index in [1.54, 1.807) is 19.9 Å². The van der Waals surface area contributed by atoms with Gasteiger partial charge in [0.15, 0.2) is 0 Å². The van der Waals surface area contributed by atoms with E-state index < -0.39 is 5.60 Å². The normalized spacial score (nSPS) is 15.1. The van der Waals surface area contributed by atoms with Gasteiger partial charge in [-0.05, 0) is 38.5 Å². The summed E-state index contributed by atoms with van der Waals surface area (Å²) in [4.78, 5) is 11.1. The number of nitrogens with zero attached hydrogens (tertiary/aromatic N) is 5. The molecule has 3 N–H and O–H groups in total. The number of benzene rings is 1. The summed E-state index contributed by atoms with van der Waals surface area (Å²) in [6.07, 6.45) is 0. The molecule has 0 radical (unpaired) electrons. The summed E-state index contributed by atoms with van der Waals surface area (Å²) in [5.41, 5.74) is 7.92. The zero-order valence-corrected chi connectivity index (χ0v) is 17.1. The van der Waals surface area contributed by atoms with Crippen LogP contribution in [0.2, 0.25) is 0 Å². The number of anilines is 2. The van der Waals surface area contributed by atoms with Gasteiger partial charge in [0.2, 0.25) is 11.8 Å². The summed E-state index contributed by atoms with van der Waals surface area (Å²) in [6.45, 7) is 8.37. The van der Waals surface area contributed by atoms with Crippen LogP contribution in [0.3, 0.4) is 0 Å². The lowest BCUT2D eigenvalue weighted by molar-refractivity contribution is 0.0267. The minimum absolute atomic E-state index is 0.118. The zero-order chi connectivity index (χ0) is 20.9. The molecule has 1 fully saturated rings. The number of rotatable bonds is 7. The van der Waals surface area contributed by atoms with Crippen LogP contribution in [-0.2, 0) is 11.3 Å². The van der Waals surface area contributed by atoms with Crippen LogP contribution in [0.15, 0.2) is 34.5 Å². The van der Waals surface area contributed by atoms with E-state index in [0.29, 0.717) is 55.2 Å². The quantitative estimate of drug-likeness (QED) is 0.542. The molecule has 0 spiro atoms. The van der Waals surface area contributed by atoms with Crippen LogP contribution >= 0.6 is 0 Å². The Morgan fingerprint density at radius 1 is 1.24 bits per heavy atom. The summed E-state index contributed by atoms with van der Waals surface area (Å²) in [5, 5.41) is 18.4. The molecule has 3 rings (SSSR count). The molecule has 1 aliphatic rings. The molecule has 2 heterocycles. The first kappa shape index (κ1) is 20.9. The van der Waals surface area contributed by atoms with Crippen molar-refractivity contribution < 1.29 is 14.6 Å². The fourth-order valence-electron chi connectivity index (χ4n) is 2.69. The fraction of sp³-hybridized carbons (Fsp3) is 0.500. The molecule has 156 valence electrons. The molecule has 9 heteroatoms. The number of morpholine rings is 1. The number of nitrogens with two attached hydrogens (primary N) is 1. The monoisotopic (exact) mass is 400 g/mol. The maximum Gasteiger partial charge on any atom is 0.229 e. The largest absolute Gasteiger partial charge is 0.474 e. The minimum Gasteiger partial charge on any atom is -0.474 e. The number of ether oxygens (including phenoxy) is 2. The number of hydrogen-bond acceptors (Lipinski definition) is 9. The summed E-state index contributed by atoms with van der Waals surface area (Å²) >= 11 is 0. The molecule has 0 bridgehead atoms. The Hall–Kier alpha value is -2.78. The van der Waals surface area contributed by atoms with Crippen molar-refractivity contribution in [2.75, 3.05) is 43.5 Å². The van der Waals surface area contributed by atoms with Gasteiger partial charge < -0.3 is 25.2 Å². The Morgan fingerprint density at radius 3 is 2.72 bits per heavy atom. The van der Waals surface area contributed by atoms with Crippen molar-refractivity contribution in [2.45, 2.75) is 32.9 Å². The van der Waals surface area contributed by atoms with Gasteiger partial charge in [-0.3, -0.25) is 0 Å². The maximum absolute atomic E-state index is 9.94. The van der Waals surface area contributed by atoms with E-state index >= 15 is 0 Å². The van der Waals surface area contributed by atoms with Gasteiger partial charge in [0.1, 0.15) is 18.8 Å². The average molecular weight is 400 g/mol. The molecule has 1 aromatic carbocycles. The van der Waals surface area contributed by atoms with E-state index in [9.17, 15) is 5.11 Å². The second-order valence-electron chi connectivity index (χ2n) is 7.66. The Labute approximate surface area is 170 Å². The lowest BCUT2D eigenvalue weighted by atomic mass is 10.2. The number of azo groups is 1. The van der Waals surface area contributed by atoms with Gasteiger partial charge in [-0.2, -0.15) is 15.2 Å².